The van der Waals surface area contributed by atoms with Crippen LogP contribution in [0.5, 0.6) is 0 Å². The van der Waals surface area contributed by atoms with Crippen molar-refractivity contribution in [1.82, 2.24) is 0 Å². The number of cyclic esters (lactones) is 1. The van der Waals surface area contributed by atoms with Crippen molar-refractivity contribution in [3.05, 3.63) is 12.2 Å². The summed E-state index contributed by atoms with van der Waals surface area (Å²) in [4.78, 5) is 12.3. The van der Waals surface area contributed by atoms with E-state index in [1.54, 1.807) is 0 Å². The van der Waals surface area contributed by atoms with Gasteiger partial charge in [0.2, 0.25) is 0 Å². The first-order valence-electron chi connectivity index (χ1n) is 10.5. The molecule has 0 atom stereocenters. The second-order valence-corrected chi connectivity index (χ2v) is 9.80. The number of rotatable bonds is 0. The van der Waals surface area contributed by atoms with Gasteiger partial charge in [-0.2, -0.15) is 0 Å². The SMILES string of the molecule is CC1(C)C=CCCCCCCCCCCC(=O)OC(C)(C)C(C)(C)C1. The van der Waals surface area contributed by atoms with Crippen LogP contribution in [0.25, 0.3) is 0 Å². The quantitative estimate of drug-likeness (QED) is 0.340. The van der Waals surface area contributed by atoms with E-state index in [2.05, 4.69) is 53.7 Å². The Labute approximate surface area is 156 Å². The summed E-state index contributed by atoms with van der Waals surface area (Å²) in [6, 6.07) is 0. The molecule has 0 radical (unpaired) electrons. The molecule has 0 aliphatic carbocycles. The fraction of sp³-hybridized carbons (Fsp3) is 0.870. The van der Waals surface area contributed by atoms with Crippen LogP contribution in [0.1, 0.15) is 112 Å². The molecule has 25 heavy (non-hydrogen) atoms. The van der Waals surface area contributed by atoms with Crippen LogP contribution in [0.3, 0.4) is 0 Å². The van der Waals surface area contributed by atoms with E-state index < -0.39 is 5.60 Å². The Bertz CT molecular complexity index is 429. The summed E-state index contributed by atoms with van der Waals surface area (Å²) in [7, 11) is 0. The Morgan fingerprint density at radius 3 is 1.92 bits per heavy atom. The van der Waals surface area contributed by atoms with Crippen LogP contribution in [0.4, 0.5) is 0 Å². The molecule has 2 nitrogen and oxygen atoms in total. The highest BCUT2D eigenvalue weighted by Crippen LogP contribution is 2.44. The molecule has 0 aromatic heterocycles. The van der Waals surface area contributed by atoms with Crippen molar-refractivity contribution >= 4 is 5.97 Å². The number of hydrogen-bond donors (Lipinski definition) is 0. The third-order valence-corrected chi connectivity index (χ3v) is 5.97. The Hall–Kier alpha value is -0.790. The molecule has 0 saturated heterocycles. The standard InChI is InChI=1S/C23H42O2/c1-21(2)18-16-14-12-10-8-7-9-11-13-15-17-20(24)25-23(5,6)22(3,4)19-21/h16,18H,7-15,17,19H2,1-6H3. The molecule has 146 valence electrons. The van der Waals surface area contributed by atoms with Crippen molar-refractivity contribution in [1.29, 1.82) is 0 Å². The van der Waals surface area contributed by atoms with Crippen LogP contribution in [-0.4, -0.2) is 11.6 Å². The molecule has 2 heteroatoms. The van der Waals surface area contributed by atoms with Gasteiger partial charge < -0.3 is 4.74 Å². The van der Waals surface area contributed by atoms with Crippen LogP contribution < -0.4 is 0 Å². The first-order valence-corrected chi connectivity index (χ1v) is 10.5. The minimum absolute atomic E-state index is 0.0347. The van der Waals surface area contributed by atoms with E-state index in [1.807, 2.05) is 0 Å². The van der Waals surface area contributed by atoms with Gasteiger partial charge in [0.1, 0.15) is 5.60 Å². The van der Waals surface area contributed by atoms with E-state index in [9.17, 15) is 4.79 Å². The molecule has 0 saturated carbocycles. The Balaban J connectivity index is 2.80. The van der Waals surface area contributed by atoms with E-state index in [1.165, 1.54) is 44.9 Å². The number of ether oxygens (including phenoxy) is 1. The summed E-state index contributed by atoms with van der Waals surface area (Å²) in [5, 5.41) is 0. The highest BCUT2D eigenvalue weighted by atomic mass is 16.6. The molecule has 0 N–H and O–H groups in total. The van der Waals surface area contributed by atoms with Gasteiger partial charge >= 0.3 is 5.97 Å². The molecule has 0 aromatic carbocycles. The van der Waals surface area contributed by atoms with Crippen LogP contribution >= 0.6 is 0 Å². The number of hydrogen-bond acceptors (Lipinski definition) is 2. The zero-order chi connectivity index (χ0) is 19.0. The van der Waals surface area contributed by atoms with Crippen LogP contribution in [0.2, 0.25) is 0 Å². The third-order valence-electron chi connectivity index (χ3n) is 5.97. The number of carbonyl (C=O) groups is 1. The minimum Gasteiger partial charge on any atom is -0.459 e. The molecular formula is C23H42O2. The lowest BCUT2D eigenvalue weighted by atomic mass is 9.67. The van der Waals surface area contributed by atoms with E-state index >= 15 is 0 Å². The lowest BCUT2D eigenvalue weighted by Crippen LogP contribution is -2.45. The molecule has 0 amide bonds. The zero-order valence-electron chi connectivity index (χ0n) is 17.7. The monoisotopic (exact) mass is 350 g/mol. The number of esters is 1. The summed E-state index contributed by atoms with van der Waals surface area (Å²) in [6.07, 6.45) is 17.5. The van der Waals surface area contributed by atoms with Gasteiger partial charge in [-0.1, -0.05) is 78.4 Å². The normalized spacial score (nSPS) is 26.2. The van der Waals surface area contributed by atoms with E-state index in [4.69, 9.17) is 4.74 Å². The topological polar surface area (TPSA) is 26.3 Å². The molecule has 0 bridgehead atoms. The van der Waals surface area contributed by atoms with Gasteiger partial charge in [0.15, 0.2) is 0 Å². The van der Waals surface area contributed by atoms with Crippen LogP contribution in [0, 0.1) is 10.8 Å². The molecule has 0 fully saturated rings. The van der Waals surface area contributed by atoms with Gasteiger partial charge in [-0.15, -0.1) is 0 Å². The fourth-order valence-electron chi connectivity index (χ4n) is 3.88. The Morgan fingerprint density at radius 1 is 0.800 bits per heavy atom. The maximum atomic E-state index is 12.3. The number of carbonyl (C=O) groups excluding carboxylic acids is 1. The first-order chi connectivity index (χ1) is 11.6. The molecule has 1 aliphatic rings. The van der Waals surface area contributed by atoms with E-state index in [0.29, 0.717) is 6.42 Å². The maximum Gasteiger partial charge on any atom is 0.306 e. The fourth-order valence-corrected chi connectivity index (χ4v) is 3.88. The first kappa shape index (κ1) is 22.3. The molecule has 0 unspecified atom stereocenters. The Kier molecular flexibility index (Phi) is 8.71. The second-order valence-electron chi connectivity index (χ2n) is 9.80. The second kappa shape index (κ2) is 9.78. The summed E-state index contributed by atoms with van der Waals surface area (Å²) < 4.78 is 5.93. The molecule has 1 aliphatic heterocycles. The van der Waals surface area contributed by atoms with Gasteiger partial charge in [0.25, 0.3) is 0 Å². The van der Waals surface area contributed by atoms with Gasteiger partial charge in [-0.3, -0.25) is 4.79 Å². The predicted molar refractivity (Wildman–Crippen MR) is 108 cm³/mol. The molecule has 1 heterocycles. The van der Waals surface area contributed by atoms with Crippen LogP contribution in [-0.2, 0) is 9.53 Å². The van der Waals surface area contributed by atoms with Crippen molar-refractivity contribution in [2.45, 2.75) is 118 Å². The maximum absolute atomic E-state index is 12.3. The number of allylic oxidation sites excluding steroid dienone is 2. The van der Waals surface area contributed by atoms with Crippen molar-refractivity contribution in [2.75, 3.05) is 0 Å². The van der Waals surface area contributed by atoms with Gasteiger partial charge in [-0.05, 0) is 44.9 Å². The molecule has 1 rings (SSSR count). The molecular weight excluding hydrogens is 308 g/mol. The lowest BCUT2D eigenvalue weighted by molar-refractivity contribution is -0.170. The highest BCUT2D eigenvalue weighted by molar-refractivity contribution is 5.69. The summed E-state index contributed by atoms with van der Waals surface area (Å²) in [5.41, 5.74) is -0.429. The third kappa shape index (κ3) is 8.42. The summed E-state index contributed by atoms with van der Waals surface area (Å²) in [5.74, 6) is -0.0347. The van der Waals surface area contributed by atoms with Gasteiger partial charge in [-0.25, -0.2) is 0 Å². The summed E-state index contributed by atoms with van der Waals surface area (Å²) in [6.45, 7) is 13.2. The van der Waals surface area contributed by atoms with Crippen molar-refractivity contribution in [2.24, 2.45) is 10.8 Å². The molecule has 0 spiro atoms. The Morgan fingerprint density at radius 2 is 1.32 bits per heavy atom. The van der Waals surface area contributed by atoms with Crippen molar-refractivity contribution in [3.63, 3.8) is 0 Å². The van der Waals surface area contributed by atoms with Gasteiger partial charge in [0.05, 0.1) is 0 Å². The minimum atomic E-state index is -0.458. The predicted octanol–water partition coefficient (Wildman–Crippen LogP) is 7.22. The average Bonchev–Trinajstić information content (AvgIpc) is 2.45. The smallest absolute Gasteiger partial charge is 0.306 e. The van der Waals surface area contributed by atoms with Crippen LogP contribution in [0.15, 0.2) is 12.2 Å². The molecule has 0 aromatic rings. The highest BCUT2D eigenvalue weighted by Gasteiger charge is 2.43. The lowest BCUT2D eigenvalue weighted by Gasteiger charge is -2.44. The summed E-state index contributed by atoms with van der Waals surface area (Å²) >= 11 is 0. The average molecular weight is 351 g/mol. The van der Waals surface area contributed by atoms with E-state index in [-0.39, 0.29) is 16.8 Å². The van der Waals surface area contributed by atoms with Crippen molar-refractivity contribution in [3.8, 4) is 0 Å². The van der Waals surface area contributed by atoms with E-state index in [0.717, 1.165) is 19.3 Å². The van der Waals surface area contributed by atoms with Crippen molar-refractivity contribution < 1.29 is 9.53 Å². The largest absolute Gasteiger partial charge is 0.459 e. The van der Waals surface area contributed by atoms with Gasteiger partial charge in [0, 0.05) is 11.8 Å². The zero-order valence-corrected chi connectivity index (χ0v) is 17.7.